The zero-order valence-corrected chi connectivity index (χ0v) is 11.4. The summed E-state index contributed by atoms with van der Waals surface area (Å²) in [6.07, 6.45) is 0.553. The van der Waals surface area contributed by atoms with Gasteiger partial charge in [-0.05, 0) is 50.4 Å². The van der Waals surface area contributed by atoms with Crippen molar-refractivity contribution in [1.82, 2.24) is 5.32 Å². The third kappa shape index (κ3) is 4.87. The van der Waals surface area contributed by atoms with Crippen LogP contribution in [0.25, 0.3) is 0 Å². The van der Waals surface area contributed by atoms with Crippen LogP contribution in [0.2, 0.25) is 0 Å². The summed E-state index contributed by atoms with van der Waals surface area (Å²) in [4.78, 5) is 0. The standard InChI is InChI=1S/C15H22N2O/c1-11(7-12(2)18)10-17-13(3)15-6-4-5-14(8-15)9-16/h4-6,8,11-13,17-18H,7,10H2,1-3H3. The third-order valence-electron chi connectivity index (χ3n) is 3.03. The van der Waals surface area contributed by atoms with E-state index in [-0.39, 0.29) is 12.1 Å². The molecule has 0 amide bonds. The predicted molar refractivity (Wildman–Crippen MR) is 73.0 cm³/mol. The summed E-state index contributed by atoms with van der Waals surface area (Å²) in [5.74, 6) is 0.437. The minimum absolute atomic E-state index is 0.217. The SMILES string of the molecule is CC(O)CC(C)CNC(C)c1cccc(C#N)c1. The van der Waals surface area contributed by atoms with Gasteiger partial charge in [-0.1, -0.05) is 19.1 Å². The monoisotopic (exact) mass is 246 g/mol. The van der Waals surface area contributed by atoms with Crippen LogP contribution in [0.3, 0.4) is 0 Å². The highest BCUT2D eigenvalue weighted by molar-refractivity contribution is 5.33. The van der Waals surface area contributed by atoms with Crippen molar-refractivity contribution in [2.24, 2.45) is 5.92 Å². The Morgan fingerprint density at radius 2 is 2.06 bits per heavy atom. The van der Waals surface area contributed by atoms with Gasteiger partial charge in [0, 0.05) is 6.04 Å². The maximum absolute atomic E-state index is 9.31. The first-order valence-electron chi connectivity index (χ1n) is 6.44. The van der Waals surface area contributed by atoms with E-state index in [1.807, 2.05) is 31.2 Å². The van der Waals surface area contributed by atoms with Crippen LogP contribution in [-0.4, -0.2) is 17.8 Å². The highest BCUT2D eigenvalue weighted by Crippen LogP contribution is 2.15. The first-order chi connectivity index (χ1) is 8.52. The van der Waals surface area contributed by atoms with E-state index in [4.69, 9.17) is 5.26 Å². The maximum atomic E-state index is 9.31. The molecule has 0 aliphatic rings. The van der Waals surface area contributed by atoms with Gasteiger partial charge in [0.05, 0.1) is 17.7 Å². The van der Waals surface area contributed by atoms with Gasteiger partial charge in [0.2, 0.25) is 0 Å². The molecule has 3 unspecified atom stereocenters. The van der Waals surface area contributed by atoms with Gasteiger partial charge in [-0.3, -0.25) is 0 Å². The van der Waals surface area contributed by atoms with Crippen LogP contribution in [0.5, 0.6) is 0 Å². The van der Waals surface area contributed by atoms with Crippen LogP contribution >= 0.6 is 0 Å². The summed E-state index contributed by atoms with van der Waals surface area (Å²) in [7, 11) is 0. The van der Waals surface area contributed by atoms with Crippen molar-refractivity contribution in [3.8, 4) is 6.07 Å². The molecule has 2 N–H and O–H groups in total. The van der Waals surface area contributed by atoms with Gasteiger partial charge in [-0.25, -0.2) is 0 Å². The number of hydrogen-bond acceptors (Lipinski definition) is 3. The van der Waals surface area contributed by atoms with Crippen molar-refractivity contribution < 1.29 is 5.11 Å². The quantitative estimate of drug-likeness (QED) is 0.811. The van der Waals surface area contributed by atoms with Gasteiger partial charge in [-0.2, -0.15) is 5.26 Å². The molecule has 0 aliphatic carbocycles. The van der Waals surface area contributed by atoms with Crippen LogP contribution in [0, 0.1) is 17.2 Å². The number of benzene rings is 1. The molecule has 0 fully saturated rings. The van der Waals surface area contributed by atoms with E-state index in [9.17, 15) is 5.11 Å². The van der Waals surface area contributed by atoms with Crippen molar-refractivity contribution in [3.63, 3.8) is 0 Å². The fourth-order valence-electron chi connectivity index (χ4n) is 2.04. The van der Waals surface area contributed by atoms with Crippen molar-refractivity contribution in [2.45, 2.75) is 39.3 Å². The Kier molecular flexibility index (Phi) is 5.84. The summed E-state index contributed by atoms with van der Waals surface area (Å²) < 4.78 is 0. The first-order valence-corrected chi connectivity index (χ1v) is 6.44. The molecule has 0 radical (unpaired) electrons. The van der Waals surface area contributed by atoms with Gasteiger partial charge in [0.25, 0.3) is 0 Å². The highest BCUT2D eigenvalue weighted by Gasteiger charge is 2.09. The largest absolute Gasteiger partial charge is 0.393 e. The first kappa shape index (κ1) is 14.7. The molecule has 0 spiro atoms. The van der Waals surface area contributed by atoms with Gasteiger partial charge >= 0.3 is 0 Å². The van der Waals surface area contributed by atoms with Crippen LogP contribution in [-0.2, 0) is 0 Å². The van der Waals surface area contributed by atoms with Gasteiger partial charge < -0.3 is 10.4 Å². The number of rotatable bonds is 6. The predicted octanol–water partition coefficient (Wildman–Crippen LogP) is 2.62. The van der Waals surface area contributed by atoms with E-state index in [2.05, 4.69) is 25.2 Å². The second-order valence-corrected chi connectivity index (χ2v) is 5.06. The summed E-state index contributed by atoms with van der Waals surface area (Å²) in [5.41, 5.74) is 1.82. The zero-order valence-electron chi connectivity index (χ0n) is 11.4. The molecule has 3 heteroatoms. The number of aliphatic hydroxyl groups excluding tert-OH is 1. The van der Waals surface area contributed by atoms with E-state index < -0.39 is 0 Å². The lowest BCUT2D eigenvalue weighted by molar-refractivity contribution is 0.162. The average molecular weight is 246 g/mol. The molecule has 0 bridgehead atoms. The summed E-state index contributed by atoms with van der Waals surface area (Å²) in [5, 5.41) is 21.6. The minimum Gasteiger partial charge on any atom is -0.393 e. The molecular formula is C15H22N2O. The Morgan fingerprint density at radius 1 is 1.33 bits per heavy atom. The lowest BCUT2D eigenvalue weighted by Gasteiger charge is -2.19. The second-order valence-electron chi connectivity index (χ2n) is 5.06. The van der Waals surface area contributed by atoms with Gasteiger partial charge in [0.1, 0.15) is 0 Å². The van der Waals surface area contributed by atoms with E-state index in [0.717, 1.165) is 18.5 Å². The van der Waals surface area contributed by atoms with Crippen LogP contribution in [0.4, 0.5) is 0 Å². The van der Waals surface area contributed by atoms with Crippen molar-refractivity contribution >= 4 is 0 Å². The van der Waals surface area contributed by atoms with E-state index in [1.165, 1.54) is 0 Å². The zero-order chi connectivity index (χ0) is 13.5. The number of nitrogens with one attached hydrogen (secondary N) is 1. The Balaban J connectivity index is 2.50. The Bertz CT molecular complexity index is 409. The fraction of sp³-hybridized carbons (Fsp3) is 0.533. The number of nitriles is 1. The van der Waals surface area contributed by atoms with Gasteiger partial charge in [-0.15, -0.1) is 0 Å². The topological polar surface area (TPSA) is 56.0 Å². The summed E-state index contributed by atoms with van der Waals surface area (Å²) in [6, 6.07) is 10.0. The lowest BCUT2D eigenvalue weighted by atomic mass is 10.0. The van der Waals surface area contributed by atoms with E-state index in [0.29, 0.717) is 11.5 Å². The molecule has 0 heterocycles. The highest BCUT2D eigenvalue weighted by atomic mass is 16.3. The summed E-state index contributed by atoms with van der Waals surface area (Å²) in [6.45, 7) is 6.89. The molecule has 3 nitrogen and oxygen atoms in total. The molecule has 0 saturated heterocycles. The van der Waals surface area contributed by atoms with Crippen LogP contribution in [0.1, 0.15) is 44.4 Å². The molecule has 18 heavy (non-hydrogen) atoms. The number of aliphatic hydroxyl groups is 1. The number of nitrogens with zero attached hydrogens (tertiary/aromatic N) is 1. The van der Waals surface area contributed by atoms with Crippen LogP contribution in [0.15, 0.2) is 24.3 Å². The second kappa shape index (κ2) is 7.15. The molecule has 1 rings (SSSR count). The van der Waals surface area contributed by atoms with Crippen molar-refractivity contribution in [2.75, 3.05) is 6.54 Å². The molecule has 0 aliphatic heterocycles. The third-order valence-corrected chi connectivity index (χ3v) is 3.03. The number of hydrogen-bond donors (Lipinski definition) is 2. The average Bonchev–Trinajstić information content (AvgIpc) is 2.35. The van der Waals surface area contributed by atoms with Crippen molar-refractivity contribution in [3.05, 3.63) is 35.4 Å². The smallest absolute Gasteiger partial charge is 0.0991 e. The van der Waals surface area contributed by atoms with E-state index >= 15 is 0 Å². The van der Waals surface area contributed by atoms with E-state index in [1.54, 1.807) is 0 Å². The molecule has 3 atom stereocenters. The molecular weight excluding hydrogens is 224 g/mol. The lowest BCUT2D eigenvalue weighted by Crippen LogP contribution is -2.26. The molecule has 1 aromatic carbocycles. The summed E-state index contributed by atoms with van der Waals surface area (Å²) >= 11 is 0. The molecule has 0 aromatic heterocycles. The fourth-order valence-corrected chi connectivity index (χ4v) is 2.04. The molecule has 1 aromatic rings. The molecule has 0 saturated carbocycles. The normalized spacial score (nSPS) is 15.7. The Morgan fingerprint density at radius 3 is 2.67 bits per heavy atom. The van der Waals surface area contributed by atoms with Crippen molar-refractivity contribution in [1.29, 1.82) is 5.26 Å². The van der Waals surface area contributed by atoms with Gasteiger partial charge in [0.15, 0.2) is 0 Å². The minimum atomic E-state index is -0.251. The maximum Gasteiger partial charge on any atom is 0.0991 e. The Labute approximate surface area is 109 Å². The van der Waals surface area contributed by atoms with Crippen LogP contribution < -0.4 is 5.32 Å². The molecule has 98 valence electrons. The Hall–Kier alpha value is -1.37.